The van der Waals surface area contributed by atoms with E-state index in [-0.39, 0.29) is 17.4 Å². The summed E-state index contributed by atoms with van der Waals surface area (Å²) in [6.45, 7) is 9.01. The second-order valence-electron chi connectivity index (χ2n) is 7.19. The molecule has 0 spiro atoms. The van der Waals surface area contributed by atoms with Crippen LogP contribution in [0.25, 0.3) is 10.9 Å². The van der Waals surface area contributed by atoms with Crippen molar-refractivity contribution in [3.63, 3.8) is 0 Å². The van der Waals surface area contributed by atoms with Crippen LogP contribution >= 0.6 is 0 Å². The molecule has 1 aliphatic rings. The lowest BCUT2D eigenvalue weighted by atomic mass is 9.69. The van der Waals surface area contributed by atoms with Crippen LogP contribution in [-0.2, 0) is 4.79 Å². The fraction of sp³-hybridized carbons (Fsp3) is 0.474. The Bertz CT molecular complexity index is 754. The minimum Gasteiger partial charge on any atom is -0.481 e. The van der Waals surface area contributed by atoms with Gasteiger partial charge in [-0.2, -0.15) is 0 Å². The predicted molar refractivity (Wildman–Crippen MR) is 92.8 cm³/mol. The van der Waals surface area contributed by atoms with Gasteiger partial charge in [0.25, 0.3) is 0 Å². The van der Waals surface area contributed by atoms with E-state index in [2.05, 4.69) is 56.9 Å². The number of pyridine rings is 1. The predicted octanol–water partition coefficient (Wildman–Crippen LogP) is 3.87. The third kappa shape index (κ3) is 2.56. The Morgan fingerprint density at radius 2 is 2.04 bits per heavy atom. The number of hydrogen-bond donors (Lipinski definition) is 1. The monoisotopic (exact) mass is 312 g/mol. The summed E-state index contributed by atoms with van der Waals surface area (Å²) in [7, 11) is 0. The first-order valence-electron chi connectivity index (χ1n) is 8.18. The van der Waals surface area contributed by atoms with Gasteiger partial charge in [-0.3, -0.25) is 4.79 Å². The molecule has 0 aliphatic carbocycles. The molecule has 0 saturated carbocycles. The van der Waals surface area contributed by atoms with E-state index >= 15 is 0 Å². The Morgan fingerprint density at radius 3 is 2.74 bits per heavy atom. The molecule has 3 rings (SSSR count). The van der Waals surface area contributed by atoms with Crippen molar-refractivity contribution in [2.24, 2.45) is 11.3 Å². The first kappa shape index (κ1) is 15.8. The molecular formula is C19H24N2O2. The number of fused-ring (bicyclic) bond motifs is 1. The quantitative estimate of drug-likeness (QED) is 0.914. The Labute approximate surface area is 137 Å². The molecule has 1 fully saturated rings. The van der Waals surface area contributed by atoms with E-state index in [0.29, 0.717) is 6.42 Å². The first-order chi connectivity index (χ1) is 10.8. The summed E-state index contributed by atoms with van der Waals surface area (Å²) < 4.78 is 0. The standard InChI is InChI=1S/C19H24N2O2/c1-12-6-5-7-14-8-9-16(20-17(12)14)21-11-10-15(18(22)23)19(3,4)13(21)2/h5-9,13,15H,10-11H2,1-4H3,(H,22,23)/t13?,15-/m1/s1. The summed E-state index contributed by atoms with van der Waals surface area (Å²) in [4.78, 5) is 18.7. The number of benzene rings is 1. The highest BCUT2D eigenvalue weighted by atomic mass is 16.4. The Morgan fingerprint density at radius 1 is 1.30 bits per heavy atom. The van der Waals surface area contributed by atoms with Crippen molar-refractivity contribution in [2.75, 3.05) is 11.4 Å². The van der Waals surface area contributed by atoms with E-state index in [0.717, 1.165) is 28.8 Å². The molecule has 1 aromatic heterocycles. The number of anilines is 1. The number of carboxylic acid groups (broad SMARTS) is 1. The van der Waals surface area contributed by atoms with Gasteiger partial charge < -0.3 is 10.0 Å². The average molecular weight is 312 g/mol. The van der Waals surface area contributed by atoms with Gasteiger partial charge in [0.15, 0.2) is 0 Å². The van der Waals surface area contributed by atoms with Crippen molar-refractivity contribution in [2.45, 2.75) is 40.2 Å². The van der Waals surface area contributed by atoms with Crippen LogP contribution < -0.4 is 4.90 Å². The number of aryl methyl sites for hydroxylation is 1. The minimum atomic E-state index is -0.691. The zero-order chi connectivity index (χ0) is 16.8. The zero-order valence-electron chi connectivity index (χ0n) is 14.2. The van der Waals surface area contributed by atoms with Gasteiger partial charge >= 0.3 is 5.97 Å². The van der Waals surface area contributed by atoms with E-state index in [1.807, 2.05) is 6.07 Å². The molecule has 2 atom stereocenters. The normalized spacial score (nSPS) is 23.9. The van der Waals surface area contributed by atoms with Crippen molar-refractivity contribution >= 4 is 22.7 Å². The molecule has 1 unspecified atom stereocenters. The summed E-state index contributed by atoms with van der Waals surface area (Å²) >= 11 is 0. The Kier molecular flexibility index (Phi) is 3.78. The number of carboxylic acids is 1. The summed E-state index contributed by atoms with van der Waals surface area (Å²) in [5.41, 5.74) is 1.89. The van der Waals surface area contributed by atoms with Crippen LogP contribution in [-0.4, -0.2) is 28.6 Å². The lowest BCUT2D eigenvalue weighted by molar-refractivity contribution is -0.147. The molecule has 23 heavy (non-hydrogen) atoms. The number of carbonyl (C=O) groups is 1. The third-order valence-corrected chi connectivity index (χ3v) is 5.60. The van der Waals surface area contributed by atoms with E-state index in [1.54, 1.807) is 0 Å². The van der Waals surface area contributed by atoms with Crippen molar-refractivity contribution in [1.29, 1.82) is 0 Å². The maximum atomic E-state index is 11.5. The van der Waals surface area contributed by atoms with Crippen LogP contribution in [0.15, 0.2) is 30.3 Å². The summed E-state index contributed by atoms with van der Waals surface area (Å²) in [5, 5.41) is 10.6. The largest absolute Gasteiger partial charge is 0.481 e. The Hall–Kier alpha value is -2.10. The van der Waals surface area contributed by atoms with Gasteiger partial charge in [-0.1, -0.05) is 32.0 Å². The molecule has 1 N–H and O–H groups in total. The minimum absolute atomic E-state index is 0.117. The second-order valence-corrected chi connectivity index (χ2v) is 7.19. The number of para-hydroxylation sites is 1. The number of rotatable bonds is 2. The van der Waals surface area contributed by atoms with E-state index < -0.39 is 5.97 Å². The van der Waals surface area contributed by atoms with Gasteiger partial charge in [-0.25, -0.2) is 4.98 Å². The van der Waals surface area contributed by atoms with Crippen LogP contribution in [0.3, 0.4) is 0 Å². The average Bonchev–Trinajstić information content (AvgIpc) is 2.50. The van der Waals surface area contributed by atoms with Crippen molar-refractivity contribution in [3.05, 3.63) is 35.9 Å². The third-order valence-electron chi connectivity index (χ3n) is 5.60. The lowest BCUT2D eigenvalue weighted by Gasteiger charge is -2.48. The topological polar surface area (TPSA) is 53.4 Å². The molecule has 1 aliphatic heterocycles. The van der Waals surface area contributed by atoms with Crippen molar-refractivity contribution in [3.8, 4) is 0 Å². The molecule has 122 valence electrons. The first-order valence-corrected chi connectivity index (χ1v) is 8.18. The van der Waals surface area contributed by atoms with Gasteiger partial charge in [-0.05, 0) is 43.4 Å². The highest BCUT2D eigenvalue weighted by Crippen LogP contribution is 2.41. The van der Waals surface area contributed by atoms with Crippen LogP contribution in [0.2, 0.25) is 0 Å². The van der Waals surface area contributed by atoms with Crippen molar-refractivity contribution < 1.29 is 9.90 Å². The molecule has 1 saturated heterocycles. The Balaban J connectivity index is 1.99. The highest BCUT2D eigenvalue weighted by molar-refractivity contribution is 5.83. The molecule has 0 bridgehead atoms. The summed E-state index contributed by atoms with van der Waals surface area (Å²) in [5.74, 6) is -0.0593. The second kappa shape index (κ2) is 5.52. The van der Waals surface area contributed by atoms with E-state index in [9.17, 15) is 9.90 Å². The van der Waals surface area contributed by atoms with Gasteiger partial charge in [0.1, 0.15) is 5.82 Å². The molecule has 2 heterocycles. The van der Waals surface area contributed by atoms with Gasteiger partial charge in [0.05, 0.1) is 11.4 Å². The van der Waals surface area contributed by atoms with Crippen LogP contribution in [0.4, 0.5) is 5.82 Å². The fourth-order valence-corrected chi connectivity index (χ4v) is 3.73. The number of piperidine rings is 1. The van der Waals surface area contributed by atoms with Crippen molar-refractivity contribution in [1.82, 2.24) is 4.98 Å². The molecule has 1 aromatic carbocycles. The van der Waals surface area contributed by atoms with Crippen LogP contribution in [0, 0.1) is 18.3 Å². The van der Waals surface area contributed by atoms with E-state index in [1.165, 1.54) is 0 Å². The van der Waals surface area contributed by atoms with Gasteiger partial charge in [0.2, 0.25) is 0 Å². The number of aliphatic carboxylic acids is 1. The zero-order valence-corrected chi connectivity index (χ0v) is 14.2. The molecule has 0 radical (unpaired) electrons. The maximum absolute atomic E-state index is 11.5. The highest BCUT2D eigenvalue weighted by Gasteiger charge is 2.45. The molecule has 0 amide bonds. The van der Waals surface area contributed by atoms with Gasteiger partial charge in [-0.15, -0.1) is 0 Å². The maximum Gasteiger partial charge on any atom is 0.307 e. The fourth-order valence-electron chi connectivity index (χ4n) is 3.73. The van der Waals surface area contributed by atoms with Crippen LogP contribution in [0.5, 0.6) is 0 Å². The summed E-state index contributed by atoms with van der Waals surface area (Å²) in [6, 6.07) is 10.5. The molecule has 4 nitrogen and oxygen atoms in total. The smallest absolute Gasteiger partial charge is 0.307 e. The SMILES string of the molecule is Cc1cccc2ccc(N3CC[C@H](C(=O)O)C(C)(C)C3C)nc12. The molecular weight excluding hydrogens is 288 g/mol. The number of hydrogen-bond acceptors (Lipinski definition) is 3. The van der Waals surface area contributed by atoms with Crippen LogP contribution in [0.1, 0.15) is 32.8 Å². The van der Waals surface area contributed by atoms with E-state index in [4.69, 9.17) is 4.98 Å². The molecule has 2 aromatic rings. The lowest BCUT2D eigenvalue weighted by Crippen LogP contribution is -2.55. The molecule has 4 heteroatoms. The summed E-state index contributed by atoms with van der Waals surface area (Å²) in [6.07, 6.45) is 0.653. The number of aromatic nitrogens is 1. The number of nitrogens with zero attached hydrogens (tertiary/aromatic N) is 2. The van der Waals surface area contributed by atoms with Gasteiger partial charge in [0, 0.05) is 18.0 Å².